The second-order valence-corrected chi connectivity index (χ2v) is 11.8. The number of carboxylic acid groups (broad SMARTS) is 1. The molecular weight excluding hydrogens is 582 g/mol. The van der Waals surface area contributed by atoms with Crippen molar-refractivity contribution < 1.29 is 28.8 Å². The molecule has 1 atom stereocenters. The molecule has 6 rings (SSSR count). The third-order valence-corrected chi connectivity index (χ3v) is 8.63. The summed E-state index contributed by atoms with van der Waals surface area (Å²) in [5.41, 5.74) is 7.35. The van der Waals surface area contributed by atoms with E-state index in [1.165, 1.54) is 6.20 Å². The first-order chi connectivity index (χ1) is 22.4. The van der Waals surface area contributed by atoms with Gasteiger partial charge in [0.15, 0.2) is 11.5 Å². The van der Waals surface area contributed by atoms with Crippen molar-refractivity contribution >= 4 is 5.97 Å². The van der Waals surface area contributed by atoms with Gasteiger partial charge in [0.1, 0.15) is 50.0 Å². The minimum Gasteiger partial charge on any atom is -0.488 e. The van der Waals surface area contributed by atoms with E-state index in [1.54, 1.807) is 12.3 Å². The average molecular weight is 620 g/mol. The SMILES string of the molecule is Cc1cc(CN2CCCCC2C(=O)O)c(OCc2cncc(C#N)c2)cc1OCc1cccc(-c2ccc3c(c2)OCCO3)c1C. The fourth-order valence-corrected chi connectivity index (χ4v) is 6.13. The van der Waals surface area contributed by atoms with Gasteiger partial charge in [0.2, 0.25) is 0 Å². The highest BCUT2D eigenvalue weighted by atomic mass is 16.6. The van der Waals surface area contributed by atoms with E-state index in [4.69, 9.17) is 18.9 Å². The van der Waals surface area contributed by atoms with Crippen LogP contribution < -0.4 is 18.9 Å². The van der Waals surface area contributed by atoms with Crippen molar-refractivity contribution in [2.45, 2.75) is 58.9 Å². The van der Waals surface area contributed by atoms with Gasteiger partial charge in [-0.1, -0.05) is 30.7 Å². The van der Waals surface area contributed by atoms with Crippen LogP contribution in [0.5, 0.6) is 23.0 Å². The molecule has 3 aromatic carbocycles. The zero-order chi connectivity index (χ0) is 32.0. The van der Waals surface area contributed by atoms with Gasteiger partial charge in [0, 0.05) is 36.1 Å². The smallest absolute Gasteiger partial charge is 0.320 e. The summed E-state index contributed by atoms with van der Waals surface area (Å²) in [6, 6.07) is 19.5. The summed E-state index contributed by atoms with van der Waals surface area (Å²) >= 11 is 0. The number of aryl methyl sites for hydroxylation is 1. The molecule has 9 nitrogen and oxygen atoms in total. The summed E-state index contributed by atoms with van der Waals surface area (Å²) in [4.78, 5) is 18.2. The lowest BCUT2D eigenvalue weighted by atomic mass is 9.96. The Morgan fingerprint density at radius 3 is 2.63 bits per heavy atom. The molecule has 1 N–H and O–H groups in total. The Bertz CT molecular complexity index is 1780. The second-order valence-electron chi connectivity index (χ2n) is 11.8. The maximum Gasteiger partial charge on any atom is 0.320 e. The summed E-state index contributed by atoms with van der Waals surface area (Å²) in [5.74, 6) is 2.01. The Balaban J connectivity index is 1.25. The number of piperidine rings is 1. The van der Waals surface area contributed by atoms with Crippen LogP contribution in [0, 0.1) is 25.2 Å². The van der Waals surface area contributed by atoms with Crippen LogP contribution in [0.3, 0.4) is 0 Å². The predicted molar refractivity (Wildman–Crippen MR) is 172 cm³/mol. The van der Waals surface area contributed by atoms with Gasteiger partial charge >= 0.3 is 5.97 Å². The molecule has 0 amide bonds. The Morgan fingerprint density at radius 1 is 0.978 bits per heavy atom. The third-order valence-electron chi connectivity index (χ3n) is 8.63. The van der Waals surface area contributed by atoms with Crippen LogP contribution in [-0.2, 0) is 24.6 Å². The standard InChI is InChI=1S/C37H37N3O6/c1-24-14-30(21-40-11-4-3-8-32(40)37(41)42)35(45-22-27-15-26(18-38)19-39-20-27)17-34(24)46-23-29-6-5-7-31(25(29)2)28-9-10-33-36(16-28)44-13-12-43-33/h5-7,9-10,14-17,19-20,32H,3-4,8,11-13,21-23H2,1-2H3,(H,41,42). The molecule has 1 unspecified atom stereocenters. The van der Waals surface area contributed by atoms with Gasteiger partial charge in [-0.25, -0.2) is 0 Å². The van der Waals surface area contributed by atoms with Crippen molar-refractivity contribution in [3.8, 4) is 40.2 Å². The fourth-order valence-electron chi connectivity index (χ4n) is 6.13. The van der Waals surface area contributed by atoms with Crippen LogP contribution in [0.2, 0.25) is 0 Å². The summed E-state index contributed by atoms with van der Waals surface area (Å²) in [6.45, 7) is 6.89. The number of pyridine rings is 1. The molecule has 46 heavy (non-hydrogen) atoms. The number of carbonyl (C=O) groups is 1. The topological polar surface area (TPSA) is 114 Å². The van der Waals surface area contributed by atoms with E-state index in [1.807, 2.05) is 48.2 Å². The second kappa shape index (κ2) is 13.9. The Labute approximate surface area is 268 Å². The molecule has 4 aromatic rings. The number of rotatable bonds is 10. The fraction of sp³-hybridized carbons (Fsp3) is 0.324. The lowest BCUT2D eigenvalue weighted by Gasteiger charge is -2.33. The van der Waals surface area contributed by atoms with Gasteiger partial charge in [0.05, 0.1) is 5.56 Å². The Kier molecular flexibility index (Phi) is 9.36. The van der Waals surface area contributed by atoms with E-state index in [0.29, 0.717) is 56.4 Å². The quantitative estimate of drug-likeness (QED) is 0.210. The molecule has 0 bridgehead atoms. The number of hydrogen-bond acceptors (Lipinski definition) is 8. The number of fused-ring (bicyclic) bond motifs is 1. The highest BCUT2D eigenvalue weighted by molar-refractivity contribution is 5.73. The lowest BCUT2D eigenvalue weighted by molar-refractivity contribution is -0.144. The highest BCUT2D eigenvalue weighted by Gasteiger charge is 2.29. The number of nitrogens with zero attached hydrogens (tertiary/aromatic N) is 3. The van der Waals surface area contributed by atoms with Gasteiger partial charge in [-0.05, 0) is 85.3 Å². The first kappa shape index (κ1) is 30.9. The van der Waals surface area contributed by atoms with Crippen LogP contribution in [0.25, 0.3) is 11.1 Å². The number of ether oxygens (including phenoxy) is 4. The molecule has 2 aliphatic heterocycles. The van der Waals surface area contributed by atoms with Crippen LogP contribution in [0.1, 0.15) is 52.6 Å². The van der Waals surface area contributed by atoms with Crippen molar-refractivity contribution in [3.05, 3.63) is 100 Å². The number of aromatic nitrogens is 1. The first-order valence-electron chi connectivity index (χ1n) is 15.6. The monoisotopic (exact) mass is 619 g/mol. The van der Waals surface area contributed by atoms with Crippen LogP contribution in [0.15, 0.2) is 67.0 Å². The van der Waals surface area contributed by atoms with Crippen molar-refractivity contribution in [1.29, 1.82) is 5.26 Å². The van der Waals surface area contributed by atoms with Crippen molar-refractivity contribution in [3.63, 3.8) is 0 Å². The Hall–Kier alpha value is -5.07. The largest absolute Gasteiger partial charge is 0.488 e. The van der Waals surface area contributed by atoms with E-state index in [-0.39, 0.29) is 6.61 Å². The minimum absolute atomic E-state index is 0.205. The van der Waals surface area contributed by atoms with E-state index < -0.39 is 12.0 Å². The summed E-state index contributed by atoms with van der Waals surface area (Å²) < 4.78 is 24.3. The molecule has 3 heterocycles. The van der Waals surface area contributed by atoms with Crippen LogP contribution in [-0.4, -0.2) is 46.8 Å². The molecule has 0 radical (unpaired) electrons. The average Bonchev–Trinajstić information content (AvgIpc) is 3.08. The summed E-state index contributed by atoms with van der Waals surface area (Å²) in [5, 5.41) is 19.2. The van der Waals surface area contributed by atoms with Gasteiger partial charge in [-0.3, -0.25) is 14.7 Å². The number of aliphatic carboxylic acids is 1. The zero-order valence-electron chi connectivity index (χ0n) is 26.1. The van der Waals surface area contributed by atoms with Gasteiger partial charge in [0.25, 0.3) is 0 Å². The molecule has 9 heteroatoms. The van der Waals surface area contributed by atoms with Crippen molar-refractivity contribution in [1.82, 2.24) is 9.88 Å². The minimum atomic E-state index is -0.799. The van der Waals surface area contributed by atoms with E-state index in [9.17, 15) is 15.2 Å². The molecule has 0 saturated carbocycles. The Morgan fingerprint density at radius 2 is 1.80 bits per heavy atom. The molecule has 1 saturated heterocycles. The van der Waals surface area contributed by atoms with Gasteiger partial charge < -0.3 is 24.1 Å². The maximum absolute atomic E-state index is 12.0. The normalized spacial score (nSPS) is 16.0. The van der Waals surface area contributed by atoms with Gasteiger partial charge in [-0.15, -0.1) is 0 Å². The van der Waals surface area contributed by atoms with E-state index >= 15 is 0 Å². The lowest BCUT2D eigenvalue weighted by Crippen LogP contribution is -2.44. The maximum atomic E-state index is 12.0. The molecule has 1 aromatic heterocycles. The van der Waals surface area contributed by atoms with Crippen LogP contribution >= 0.6 is 0 Å². The molecular formula is C37H37N3O6. The zero-order valence-corrected chi connectivity index (χ0v) is 26.1. The number of nitriles is 1. The van der Waals surface area contributed by atoms with E-state index in [2.05, 4.69) is 30.1 Å². The summed E-state index contributed by atoms with van der Waals surface area (Å²) in [7, 11) is 0. The van der Waals surface area contributed by atoms with Crippen molar-refractivity contribution in [2.75, 3.05) is 19.8 Å². The molecule has 1 fully saturated rings. The number of likely N-dealkylation sites (tertiary alicyclic amines) is 1. The third kappa shape index (κ3) is 6.93. The predicted octanol–water partition coefficient (Wildman–Crippen LogP) is 6.61. The highest BCUT2D eigenvalue weighted by Crippen LogP contribution is 2.37. The first-order valence-corrected chi connectivity index (χ1v) is 15.6. The molecule has 0 aliphatic carbocycles. The molecule has 0 spiro atoms. The van der Waals surface area contributed by atoms with Crippen LogP contribution in [0.4, 0.5) is 0 Å². The van der Waals surface area contributed by atoms with E-state index in [0.717, 1.165) is 63.3 Å². The summed E-state index contributed by atoms with van der Waals surface area (Å²) in [6.07, 6.45) is 5.68. The van der Waals surface area contributed by atoms with Gasteiger partial charge in [-0.2, -0.15) is 5.26 Å². The molecule has 236 valence electrons. The molecule has 2 aliphatic rings. The van der Waals surface area contributed by atoms with Crippen molar-refractivity contribution in [2.24, 2.45) is 0 Å². The number of hydrogen-bond donors (Lipinski definition) is 1. The number of benzene rings is 3. The number of carboxylic acids is 1.